The topological polar surface area (TPSA) is 149 Å². The number of likely N-dealkylation sites (N-methyl/N-ethyl adjacent to an activating group) is 1. The molecule has 0 spiro atoms. The molecule has 2 unspecified atom stereocenters. The summed E-state index contributed by atoms with van der Waals surface area (Å²) in [5, 5.41) is 16.9. The highest BCUT2D eigenvalue weighted by Crippen LogP contribution is 2.38. The van der Waals surface area contributed by atoms with E-state index in [1.54, 1.807) is 26.1 Å². The molecule has 4 rings (SSSR count). The number of carbonyl (C=O) groups excluding carboxylic acids is 3. The Morgan fingerprint density at radius 1 is 1.15 bits per heavy atom. The Labute approximate surface area is 238 Å². The zero-order valence-corrected chi connectivity index (χ0v) is 24.0. The molecule has 11 nitrogen and oxygen atoms in total. The van der Waals surface area contributed by atoms with Crippen LogP contribution in [0.15, 0.2) is 54.6 Å². The van der Waals surface area contributed by atoms with Crippen molar-refractivity contribution in [3.63, 3.8) is 0 Å². The fourth-order valence-electron chi connectivity index (χ4n) is 4.77. The van der Waals surface area contributed by atoms with Gasteiger partial charge in [-0.25, -0.2) is 8.42 Å². The minimum Gasteiger partial charge on any atom is -0.496 e. The first kappa shape index (κ1) is 29.5. The predicted octanol–water partition coefficient (Wildman–Crippen LogP) is 1.74. The lowest BCUT2D eigenvalue weighted by Crippen LogP contribution is -2.56. The van der Waals surface area contributed by atoms with Crippen molar-refractivity contribution in [2.75, 3.05) is 42.5 Å². The Kier molecular flexibility index (Phi) is 8.60. The first-order valence-corrected chi connectivity index (χ1v) is 14.9. The van der Waals surface area contributed by atoms with Crippen molar-refractivity contribution in [2.24, 2.45) is 0 Å². The smallest absolute Gasteiger partial charge is 0.251 e. The van der Waals surface area contributed by atoms with Gasteiger partial charge in [0.25, 0.3) is 5.91 Å². The van der Waals surface area contributed by atoms with Gasteiger partial charge in [0.2, 0.25) is 11.8 Å². The lowest BCUT2D eigenvalue weighted by atomic mass is 10.0. The third-order valence-electron chi connectivity index (χ3n) is 6.98. The fraction of sp³-hybridized carbons (Fsp3) is 0.310. The fourth-order valence-corrected chi connectivity index (χ4v) is 5.37. The molecule has 3 aromatic rings. The van der Waals surface area contributed by atoms with Crippen LogP contribution in [0.5, 0.6) is 5.75 Å². The second kappa shape index (κ2) is 12.0. The molecule has 2 atom stereocenters. The van der Waals surface area contributed by atoms with Crippen molar-refractivity contribution < 1.29 is 27.5 Å². The van der Waals surface area contributed by atoms with Crippen LogP contribution in [-0.4, -0.2) is 70.9 Å². The molecule has 0 fully saturated rings. The predicted molar refractivity (Wildman–Crippen MR) is 155 cm³/mol. The standard InChI is InChI=1S/C29H31N5O6S/c1-18(31-2)28(36)32-23-16-33(27(35)17-41(4,38)39)25-13-19(14-30)9-11-24(25)34(29(23)37)15-22-21-8-6-5-7-20(21)10-12-26(22)40-3/h5-13,18,23,31H,15-17H2,1-4H3,(H,32,36). The van der Waals surface area contributed by atoms with Gasteiger partial charge in [-0.1, -0.05) is 30.3 Å². The molecule has 0 radical (unpaired) electrons. The molecule has 3 aromatic carbocycles. The Morgan fingerprint density at radius 2 is 1.88 bits per heavy atom. The molecule has 3 amide bonds. The van der Waals surface area contributed by atoms with E-state index in [1.807, 2.05) is 36.4 Å². The summed E-state index contributed by atoms with van der Waals surface area (Å²) in [5.74, 6) is -2.07. The van der Waals surface area contributed by atoms with E-state index in [-0.39, 0.29) is 30.0 Å². The second-order valence-electron chi connectivity index (χ2n) is 9.85. The number of ether oxygens (including phenoxy) is 1. The number of nitriles is 1. The molecule has 1 aliphatic rings. The van der Waals surface area contributed by atoms with Crippen LogP contribution >= 0.6 is 0 Å². The number of sulfone groups is 1. The maximum atomic E-state index is 14.2. The highest BCUT2D eigenvalue weighted by molar-refractivity contribution is 7.91. The summed E-state index contributed by atoms with van der Waals surface area (Å²) in [4.78, 5) is 43.1. The first-order chi connectivity index (χ1) is 19.5. The monoisotopic (exact) mass is 577 g/mol. The van der Waals surface area contributed by atoms with E-state index >= 15 is 0 Å². The second-order valence-corrected chi connectivity index (χ2v) is 12.0. The minimum absolute atomic E-state index is 0.00428. The number of anilines is 2. The van der Waals surface area contributed by atoms with Gasteiger partial charge in [-0.3, -0.25) is 14.4 Å². The van der Waals surface area contributed by atoms with E-state index in [0.29, 0.717) is 11.3 Å². The Bertz CT molecular complexity index is 1670. The molecule has 214 valence electrons. The lowest BCUT2D eigenvalue weighted by molar-refractivity contribution is -0.128. The minimum atomic E-state index is -3.74. The lowest BCUT2D eigenvalue weighted by Gasteiger charge is -2.27. The van der Waals surface area contributed by atoms with Crippen molar-refractivity contribution in [3.05, 3.63) is 65.7 Å². The largest absolute Gasteiger partial charge is 0.496 e. The molecular formula is C29H31N5O6S. The maximum Gasteiger partial charge on any atom is 0.251 e. The van der Waals surface area contributed by atoms with E-state index in [0.717, 1.165) is 21.9 Å². The number of amides is 3. The van der Waals surface area contributed by atoms with Crippen molar-refractivity contribution in [2.45, 2.75) is 25.6 Å². The highest BCUT2D eigenvalue weighted by Gasteiger charge is 2.38. The molecule has 12 heteroatoms. The van der Waals surface area contributed by atoms with Crippen molar-refractivity contribution in [1.29, 1.82) is 5.26 Å². The van der Waals surface area contributed by atoms with Crippen molar-refractivity contribution >= 4 is 49.7 Å². The molecular weight excluding hydrogens is 546 g/mol. The number of nitrogens with one attached hydrogen (secondary N) is 2. The quantitative estimate of drug-likeness (QED) is 0.411. The van der Waals surface area contributed by atoms with Gasteiger partial charge in [-0.15, -0.1) is 0 Å². The van der Waals surface area contributed by atoms with Crippen molar-refractivity contribution in [1.82, 2.24) is 10.6 Å². The molecule has 0 aliphatic carbocycles. The zero-order chi connectivity index (χ0) is 29.9. The SMILES string of the molecule is CNC(C)C(=O)NC1CN(C(=O)CS(C)(=O)=O)c2cc(C#N)ccc2N(Cc2c(OC)ccc3ccccc23)C1=O. The average molecular weight is 578 g/mol. The van der Waals surface area contributed by atoms with Gasteiger partial charge in [0, 0.05) is 11.8 Å². The third-order valence-corrected chi connectivity index (χ3v) is 7.75. The Hall–Kier alpha value is -4.47. The number of nitrogens with zero attached hydrogens (tertiary/aromatic N) is 3. The molecule has 1 aliphatic heterocycles. The summed E-state index contributed by atoms with van der Waals surface area (Å²) in [6.45, 7) is 1.29. The summed E-state index contributed by atoms with van der Waals surface area (Å²) >= 11 is 0. The van der Waals surface area contributed by atoms with E-state index < -0.39 is 45.4 Å². The van der Waals surface area contributed by atoms with Crippen LogP contribution in [-0.2, 0) is 30.8 Å². The number of carbonyl (C=O) groups is 3. The van der Waals surface area contributed by atoms with E-state index in [9.17, 15) is 28.1 Å². The summed E-state index contributed by atoms with van der Waals surface area (Å²) in [6, 6.07) is 16.0. The number of methoxy groups -OCH3 is 1. The van der Waals surface area contributed by atoms with Gasteiger partial charge < -0.3 is 25.2 Å². The maximum absolute atomic E-state index is 14.2. The van der Waals surface area contributed by atoms with Crippen molar-refractivity contribution in [3.8, 4) is 11.8 Å². The van der Waals surface area contributed by atoms with Crippen LogP contribution in [0.25, 0.3) is 10.8 Å². The van der Waals surface area contributed by atoms with Crippen LogP contribution in [0.2, 0.25) is 0 Å². The number of fused-ring (bicyclic) bond motifs is 2. The molecule has 1 heterocycles. The van der Waals surface area contributed by atoms with E-state index in [1.165, 1.54) is 24.1 Å². The normalized spacial score (nSPS) is 16.0. The van der Waals surface area contributed by atoms with Crippen LogP contribution in [0.4, 0.5) is 11.4 Å². The summed E-state index contributed by atoms with van der Waals surface area (Å²) in [6.07, 6.45) is 0.938. The Balaban J connectivity index is 1.92. The number of benzene rings is 3. The summed E-state index contributed by atoms with van der Waals surface area (Å²) < 4.78 is 29.8. The number of hydrogen-bond donors (Lipinski definition) is 2. The van der Waals surface area contributed by atoms with E-state index in [4.69, 9.17) is 4.74 Å². The van der Waals surface area contributed by atoms with E-state index in [2.05, 4.69) is 10.6 Å². The first-order valence-electron chi connectivity index (χ1n) is 12.8. The van der Waals surface area contributed by atoms with Crippen LogP contribution in [0.3, 0.4) is 0 Å². The Morgan fingerprint density at radius 3 is 2.54 bits per heavy atom. The number of rotatable bonds is 8. The van der Waals surface area contributed by atoms with Gasteiger partial charge in [0.15, 0.2) is 9.84 Å². The van der Waals surface area contributed by atoms with Crippen LogP contribution in [0, 0.1) is 11.3 Å². The third kappa shape index (κ3) is 6.32. The summed E-state index contributed by atoms with van der Waals surface area (Å²) in [7, 11) is -0.615. The van der Waals surface area contributed by atoms with Crippen LogP contribution in [0.1, 0.15) is 18.1 Å². The summed E-state index contributed by atoms with van der Waals surface area (Å²) in [5.41, 5.74) is 1.37. The van der Waals surface area contributed by atoms with Gasteiger partial charge in [0.05, 0.1) is 49.2 Å². The van der Waals surface area contributed by atoms with Gasteiger partial charge in [-0.05, 0) is 49.0 Å². The number of hydrogen-bond acceptors (Lipinski definition) is 8. The van der Waals surface area contributed by atoms with Gasteiger partial charge in [-0.2, -0.15) is 5.26 Å². The molecule has 41 heavy (non-hydrogen) atoms. The van der Waals surface area contributed by atoms with Gasteiger partial charge in [0.1, 0.15) is 17.5 Å². The molecule has 0 bridgehead atoms. The molecule has 2 N–H and O–H groups in total. The highest BCUT2D eigenvalue weighted by atomic mass is 32.2. The van der Waals surface area contributed by atoms with Gasteiger partial charge >= 0.3 is 0 Å². The molecule has 0 aromatic heterocycles. The molecule has 0 saturated carbocycles. The molecule has 0 saturated heterocycles. The van der Waals surface area contributed by atoms with Crippen LogP contribution < -0.4 is 25.2 Å². The average Bonchev–Trinajstić information content (AvgIpc) is 3.06. The zero-order valence-electron chi connectivity index (χ0n) is 23.2.